The van der Waals surface area contributed by atoms with E-state index in [2.05, 4.69) is 0 Å². The molecule has 0 saturated carbocycles. The number of nitrogens with zero attached hydrogens (tertiary/aromatic N) is 4. The van der Waals surface area contributed by atoms with Gasteiger partial charge in [-0.25, -0.2) is 4.68 Å². The lowest BCUT2D eigenvalue weighted by molar-refractivity contribution is -0.141. The summed E-state index contributed by atoms with van der Waals surface area (Å²) in [6, 6.07) is 35.9. The Kier molecular flexibility index (Phi) is 8.41. The maximum atomic E-state index is 13.8. The third-order valence-electron chi connectivity index (χ3n) is 7.55. The molecule has 2 heterocycles. The number of aromatic nitrogens is 2. The monoisotopic (exact) mass is 610 g/mol. The van der Waals surface area contributed by atoms with Gasteiger partial charge in [-0.3, -0.25) is 14.5 Å². The molecule has 0 aliphatic carbocycles. The van der Waals surface area contributed by atoms with Crippen molar-refractivity contribution in [3.8, 4) is 28.8 Å². The van der Waals surface area contributed by atoms with E-state index in [1.165, 1.54) is 0 Å². The van der Waals surface area contributed by atoms with Gasteiger partial charge in [0.05, 0.1) is 17.9 Å². The lowest BCUT2D eigenvalue weighted by Crippen LogP contribution is -2.42. The van der Waals surface area contributed by atoms with E-state index < -0.39 is 11.8 Å². The lowest BCUT2D eigenvalue weighted by atomic mass is 9.93. The Morgan fingerprint density at radius 3 is 2.22 bits per heavy atom. The third kappa shape index (κ3) is 6.19. The van der Waals surface area contributed by atoms with Gasteiger partial charge >= 0.3 is 0 Å². The largest absolute Gasteiger partial charge is 0.489 e. The molecule has 8 heteroatoms. The Balaban J connectivity index is 1.38. The first-order chi connectivity index (χ1) is 21.9. The number of nitriles is 1. The maximum absolute atomic E-state index is 13.8. The van der Waals surface area contributed by atoms with Crippen molar-refractivity contribution in [3.05, 3.63) is 154 Å². The molecule has 5 aromatic rings. The number of para-hydroxylation sites is 1. The van der Waals surface area contributed by atoms with Gasteiger partial charge in [-0.05, 0) is 66.6 Å². The van der Waals surface area contributed by atoms with Crippen LogP contribution in [0.5, 0.6) is 5.75 Å². The van der Waals surface area contributed by atoms with E-state index >= 15 is 0 Å². The summed E-state index contributed by atoms with van der Waals surface area (Å²) in [4.78, 5) is 28.2. The highest BCUT2D eigenvalue weighted by Crippen LogP contribution is 2.32. The molecule has 220 valence electrons. The van der Waals surface area contributed by atoms with Gasteiger partial charge in [0.15, 0.2) is 0 Å². The quantitative estimate of drug-likeness (QED) is 0.134. The fraction of sp³-hybridized carbons (Fsp3) is 0.0811. The van der Waals surface area contributed by atoms with Gasteiger partial charge < -0.3 is 4.74 Å². The van der Waals surface area contributed by atoms with E-state index in [1.54, 1.807) is 17.7 Å². The molecule has 0 atom stereocenters. The van der Waals surface area contributed by atoms with Gasteiger partial charge in [-0.2, -0.15) is 10.4 Å². The van der Waals surface area contributed by atoms with E-state index in [-0.39, 0.29) is 17.7 Å². The van der Waals surface area contributed by atoms with Crippen LogP contribution >= 0.6 is 11.6 Å². The predicted molar refractivity (Wildman–Crippen MR) is 173 cm³/mol. The van der Waals surface area contributed by atoms with E-state index in [0.29, 0.717) is 34.2 Å². The number of halogens is 1. The van der Waals surface area contributed by atoms with Crippen molar-refractivity contribution in [2.45, 2.75) is 20.1 Å². The molecule has 0 saturated heterocycles. The second-order valence-corrected chi connectivity index (χ2v) is 10.9. The minimum Gasteiger partial charge on any atom is -0.489 e. The number of amides is 2. The van der Waals surface area contributed by atoms with Crippen LogP contribution in [-0.4, -0.2) is 26.5 Å². The average molecular weight is 611 g/mol. The number of ether oxygens (including phenoxy) is 1. The molecule has 0 fully saturated rings. The van der Waals surface area contributed by atoms with E-state index in [1.807, 2.05) is 121 Å². The van der Waals surface area contributed by atoms with Gasteiger partial charge in [-0.1, -0.05) is 78.3 Å². The van der Waals surface area contributed by atoms with Crippen molar-refractivity contribution < 1.29 is 14.3 Å². The first kappa shape index (κ1) is 29.4. The van der Waals surface area contributed by atoms with Crippen LogP contribution in [0, 0.1) is 11.3 Å². The second kappa shape index (κ2) is 12.9. The number of carbonyl (C=O) groups is 2. The van der Waals surface area contributed by atoms with Crippen LogP contribution in [0.25, 0.3) is 23.0 Å². The van der Waals surface area contributed by atoms with Crippen molar-refractivity contribution in [1.29, 1.82) is 5.26 Å². The van der Waals surface area contributed by atoms with Gasteiger partial charge in [0.25, 0.3) is 11.8 Å². The summed E-state index contributed by atoms with van der Waals surface area (Å²) in [5, 5.41) is 15.4. The fourth-order valence-corrected chi connectivity index (χ4v) is 5.30. The van der Waals surface area contributed by atoms with Crippen molar-refractivity contribution in [2.75, 3.05) is 0 Å². The Morgan fingerprint density at radius 1 is 0.867 bits per heavy atom. The summed E-state index contributed by atoms with van der Waals surface area (Å²) >= 11 is 6.28. The number of rotatable bonds is 8. The molecule has 2 amide bonds. The molecule has 1 aromatic heterocycles. The second-order valence-electron chi connectivity index (χ2n) is 10.5. The van der Waals surface area contributed by atoms with Crippen molar-refractivity contribution in [3.63, 3.8) is 0 Å². The highest BCUT2D eigenvalue weighted by Gasteiger charge is 2.35. The van der Waals surface area contributed by atoms with Crippen LogP contribution in [-0.2, 0) is 22.7 Å². The number of benzene rings is 4. The van der Waals surface area contributed by atoms with E-state index in [4.69, 9.17) is 21.4 Å². The first-order valence-corrected chi connectivity index (χ1v) is 14.7. The van der Waals surface area contributed by atoms with Crippen LogP contribution < -0.4 is 4.74 Å². The van der Waals surface area contributed by atoms with Crippen molar-refractivity contribution in [2.24, 2.45) is 0 Å². The minimum atomic E-state index is -0.603. The highest BCUT2D eigenvalue weighted by atomic mass is 35.5. The van der Waals surface area contributed by atoms with Gasteiger partial charge in [0.1, 0.15) is 24.0 Å². The maximum Gasteiger partial charge on any atom is 0.271 e. The third-order valence-corrected chi connectivity index (χ3v) is 7.92. The molecule has 0 N–H and O–H groups in total. The molecule has 1 aliphatic rings. The van der Waals surface area contributed by atoms with Crippen molar-refractivity contribution >= 4 is 29.5 Å². The predicted octanol–water partition coefficient (Wildman–Crippen LogP) is 7.56. The topological polar surface area (TPSA) is 88.2 Å². The van der Waals surface area contributed by atoms with Crippen LogP contribution in [0.3, 0.4) is 0 Å². The normalized spacial score (nSPS) is 14.2. The summed E-state index contributed by atoms with van der Waals surface area (Å²) in [6.45, 7) is 2.01. The molecule has 0 unspecified atom stereocenters. The molecule has 6 rings (SSSR count). The van der Waals surface area contributed by atoms with Gasteiger partial charge in [0.2, 0.25) is 0 Å². The number of imide groups is 1. The fourth-order valence-electron chi connectivity index (χ4n) is 5.11. The number of hydrogen-bond donors (Lipinski definition) is 0. The molecule has 0 bridgehead atoms. The molecule has 0 radical (unpaired) electrons. The van der Waals surface area contributed by atoms with Gasteiger partial charge in [0, 0.05) is 33.5 Å². The van der Waals surface area contributed by atoms with Crippen molar-refractivity contribution in [1.82, 2.24) is 14.7 Å². The molecular weight excluding hydrogens is 584 g/mol. The zero-order chi connectivity index (χ0) is 31.3. The first-order valence-electron chi connectivity index (χ1n) is 14.3. The Morgan fingerprint density at radius 2 is 1.53 bits per heavy atom. The number of hydrogen-bond acceptors (Lipinski definition) is 5. The Labute approximate surface area is 265 Å². The van der Waals surface area contributed by atoms with Crippen LogP contribution in [0.4, 0.5) is 0 Å². The lowest BCUT2D eigenvalue weighted by Gasteiger charge is -2.27. The van der Waals surface area contributed by atoms with Crippen LogP contribution in [0.15, 0.2) is 132 Å². The molecule has 7 nitrogen and oxygen atoms in total. The van der Waals surface area contributed by atoms with E-state index in [0.717, 1.165) is 27.3 Å². The standard InChI is InChI=1S/C37H27ClN4O3/c1-25-32(36(43)41(37(44)33(25)21-39)22-26-10-4-2-5-11-26)20-29-23-42(30-13-6-3-7-14-30)40-35(29)27-16-18-31(19-17-27)45-24-28-12-8-9-15-34(28)38/h2-20,23H,22,24H2,1H3/b32-20+. The van der Waals surface area contributed by atoms with Gasteiger partial charge in [-0.15, -0.1) is 0 Å². The molecule has 45 heavy (non-hydrogen) atoms. The zero-order valence-corrected chi connectivity index (χ0v) is 25.1. The smallest absolute Gasteiger partial charge is 0.271 e. The molecule has 1 aliphatic heterocycles. The summed E-state index contributed by atoms with van der Waals surface area (Å²) in [7, 11) is 0. The molecular formula is C37H27ClN4O3. The molecule has 4 aromatic carbocycles. The highest BCUT2D eigenvalue weighted by molar-refractivity contribution is 6.31. The summed E-state index contributed by atoms with van der Waals surface area (Å²) in [5.74, 6) is -0.410. The molecule has 0 spiro atoms. The Bertz CT molecular complexity index is 1990. The zero-order valence-electron chi connectivity index (χ0n) is 24.4. The minimum absolute atomic E-state index is 0.0557. The number of carbonyl (C=O) groups excluding carboxylic acids is 2. The van der Waals surface area contributed by atoms with Crippen LogP contribution in [0.2, 0.25) is 5.02 Å². The van der Waals surface area contributed by atoms with Crippen LogP contribution in [0.1, 0.15) is 23.6 Å². The SMILES string of the molecule is CC1=C(C#N)C(=O)N(Cc2ccccc2)C(=O)/C1=C/c1cn(-c2ccccc2)nc1-c1ccc(OCc2ccccc2Cl)cc1. The summed E-state index contributed by atoms with van der Waals surface area (Å²) in [6.07, 6.45) is 3.55. The Hall–Kier alpha value is -5.71. The average Bonchev–Trinajstić information content (AvgIpc) is 3.50. The summed E-state index contributed by atoms with van der Waals surface area (Å²) in [5.41, 5.74) is 5.10. The van der Waals surface area contributed by atoms with E-state index in [9.17, 15) is 14.9 Å². The summed E-state index contributed by atoms with van der Waals surface area (Å²) < 4.78 is 7.72.